The zero-order valence-electron chi connectivity index (χ0n) is 11.4. The Kier molecular flexibility index (Phi) is 3.20. The lowest BCUT2D eigenvalue weighted by Gasteiger charge is -2.24. The van der Waals surface area contributed by atoms with Crippen molar-refractivity contribution < 1.29 is 0 Å². The number of fused-ring (bicyclic) bond motifs is 1. The Morgan fingerprint density at radius 3 is 3.25 bits per heavy atom. The average molecular weight is 289 g/mol. The van der Waals surface area contributed by atoms with Crippen LogP contribution in [0, 0.1) is 5.92 Å². The fourth-order valence-electron chi connectivity index (χ4n) is 3.29. The second-order valence-electron chi connectivity index (χ2n) is 5.71. The standard InChI is InChI=1S/C14H19N5S/c1-3-10-8-19(9-12(10)15-5-1)14-16-13(17-18-14)7-11-4-2-6-20-11/h2,4,6,10,12,15H,1,3,5,7-9H2,(H,16,17,18). The summed E-state index contributed by atoms with van der Waals surface area (Å²) < 4.78 is 0. The number of aromatic nitrogens is 3. The quantitative estimate of drug-likeness (QED) is 0.902. The van der Waals surface area contributed by atoms with Gasteiger partial charge < -0.3 is 10.2 Å². The van der Waals surface area contributed by atoms with Crippen LogP contribution in [0.2, 0.25) is 0 Å². The molecule has 6 heteroatoms. The second-order valence-corrected chi connectivity index (χ2v) is 6.74. The molecule has 2 saturated heterocycles. The summed E-state index contributed by atoms with van der Waals surface area (Å²) in [6.45, 7) is 3.29. The van der Waals surface area contributed by atoms with Gasteiger partial charge in [0.2, 0.25) is 5.95 Å². The van der Waals surface area contributed by atoms with E-state index in [1.807, 2.05) is 0 Å². The van der Waals surface area contributed by atoms with Gasteiger partial charge in [0.25, 0.3) is 0 Å². The first-order chi connectivity index (χ1) is 9.88. The van der Waals surface area contributed by atoms with Crippen LogP contribution in [0.15, 0.2) is 17.5 Å². The number of hydrogen-bond donors (Lipinski definition) is 2. The first-order valence-electron chi connectivity index (χ1n) is 7.30. The minimum atomic E-state index is 0.628. The third-order valence-corrected chi connectivity index (χ3v) is 5.20. The Morgan fingerprint density at radius 2 is 2.40 bits per heavy atom. The second kappa shape index (κ2) is 5.18. The molecule has 4 rings (SSSR count). The van der Waals surface area contributed by atoms with Gasteiger partial charge in [0.05, 0.1) is 0 Å². The van der Waals surface area contributed by atoms with E-state index in [2.05, 4.69) is 42.9 Å². The average Bonchev–Trinajstić information content (AvgIpc) is 3.18. The molecule has 0 aromatic carbocycles. The van der Waals surface area contributed by atoms with Crippen molar-refractivity contribution in [1.82, 2.24) is 20.5 Å². The van der Waals surface area contributed by atoms with Gasteiger partial charge in [-0.05, 0) is 36.8 Å². The van der Waals surface area contributed by atoms with Gasteiger partial charge >= 0.3 is 0 Å². The summed E-state index contributed by atoms with van der Waals surface area (Å²) in [5, 5.41) is 13.2. The number of aromatic amines is 1. The van der Waals surface area contributed by atoms with Crippen molar-refractivity contribution in [2.24, 2.45) is 5.92 Å². The van der Waals surface area contributed by atoms with Gasteiger partial charge in [0.1, 0.15) is 5.82 Å². The first-order valence-corrected chi connectivity index (χ1v) is 8.18. The number of H-pyrrole nitrogens is 1. The molecule has 2 unspecified atom stereocenters. The lowest BCUT2D eigenvalue weighted by molar-refractivity contribution is 0.340. The van der Waals surface area contributed by atoms with Crippen molar-refractivity contribution in [2.75, 3.05) is 24.5 Å². The maximum Gasteiger partial charge on any atom is 0.244 e. The summed E-state index contributed by atoms with van der Waals surface area (Å²) in [6, 6.07) is 4.85. The van der Waals surface area contributed by atoms with Gasteiger partial charge in [0, 0.05) is 30.4 Å². The molecule has 0 aliphatic carbocycles. The molecule has 4 heterocycles. The first kappa shape index (κ1) is 12.3. The van der Waals surface area contributed by atoms with Gasteiger partial charge in [-0.25, -0.2) is 0 Å². The monoisotopic (exact) mass is 289 g/mol. The van der Waals surface area contributed by atoms with Crippen LogP contribution >= 0.6 is 11.3 Å². The molecular formula is C14H19N5S. The molecule has 2 fully saturated rings. The minimum Gasteiger partial charge on any atom is -0.338 e. The van der Waals surface area contributed by atoms with E-state index in [1.165, 1.54) is 17.7 Å². The fourth-order valence-corrected chi connectivity index (χ4v) is 4.00. The smallest absolute Gasteiger partial charge is 0.244 e. The van der Waals surface area contributed by atoms with Crippen molar-refractivity contribution in [3.8, 4) is 0 Å². The molecule has 2 atom stereocenters. The fraction of sp³-hybridized carbons (Fsp3) is 0.571. The molecule has 2 aliphatic heterocycles. The zero-order chi connectivity index (χ0) is 13.4. The molecule has 0 bridgehead atoms. The molecule has 2 aromatic rings. The normalized spacial score (nSPS) is 25.9. The van der Waals surface area contributed by atoms with E-state index in [9.17, 15) is 0 Å². The molecule has 2 N–H and O–H groups in total. The molecule has 0 spiro atoms. The van der Waals surface area contributed by atoms with Gasteiger partial charge in [0.15, 0.2) is 0 Å². The molecule has 106 valence electrons. The van der Waals surface area contributed by atoms with E-state index in [-0.39, 0.29) is 0 Å². The largest absolute Gasteiger partial charge is 0.338 e. The zero-order valence-corrected chi connectivity index (χ0v) is 12.2. The van der Waals surface area contributed by atoms with Crippen molar-refractivity contribution >= 4 is 17.3 Å². The molecule has 0 saturated carbocycles. The number of nitrogens with zero attached hydrogens (tertiary/aromatic N) is 3. The number of anilines is 1. The van der Waals surface area contributed by atoms with E-state index in [0.717, 1.165) is 43.7 Å². The summed E-state index contributed by atoms with van der Waals surface area (Å²) in [5.74, 6) is 2.60. The molecule has 2 aromatic heterocycles. The van der Waals surface area contributed by atoms with Gasteiger partial charge in [-0.2, -0.15) is 4.98 Å². The van der Waals surface area contributed by atoms with Crippen molar-refractivity contribution in [2.45, 2.75) is 25.3 Å². The van der Waals surface area contributed by atoms with Gasteiger partial charge in [-0.15, -0.1) is 16.4 Å². The minimum absolute atomic E-state index is 0.628. The Morgan fingerprint density at radius 1 is 1.40 bits per heavy atom. The van der Waals surface area contributed by atoms with Crippen LogP contribution in [0.3, 0.4) is 0 Å². The number of hydrogen-bond acceptors (Lipinski definition) is 5. The van der Waals surface area contributed by atoms with Crippen LogP contribution in [0.5, 0.6) is 0 Å². The van der Waals surface area contributed by atoms with Crippen LogP contribution < -0.4 is 10.2 Å². The number of nitrogens with one attached hydrogen (secondary N) is 2. The van der Waals surface area contributed by atoms with Crippen LogP contribution in [-0.2, 0) is 6.42 Å². The molecule has 2 aliphatic rings. The number of piperidine rings is 1. The van der Waals surface area contributed by atoms with E-state index in [1.54, 1.807) is 11.3 Å². The molecule has 20 heavy (non-hydrogen) atoms. The predicted octanol–water partition coefficient (Wildman–Crippen LogP) is 1.65. The Balaban J connectivity index is 1.45. The summed E-state index contributed by atoms with van der Waals surface area (Å²) in [7, 11) is 0. The van der Waals surface area contributed by atoms with Crippen molar-refractivity contribution in [1.29, 1.82) is 0 Å². The van der Waals surface area contributed by atoms with Crippen LogP contribution in [0.25, 0.3) is 0 Å². The summed E-state index contributed by atoms with van der Waals surface area (Å²) in [4.78, 5) is 8.31. The highest BCUT2D eigenvalue weighted by atomic mass is 32.1. The van der Waals surface area contributed by atoms with Gasteiger partial charge in [-0.3, -0.25) is 5.10 Å². The third kappa shape index (κ3) is 2.33. The van der Waals surface area contributed by atoms with Crippen LogP contribution in [-0.4, -0.2) is 40.9 Å². The van der Waals surface area contributed by atoms with Crippen molar-refractivity contribution in [3.63, 3.8) is 0 Å². The number of thiophene rings is 1. The summed E-state index contributed by atoms with van der Waals surface area (Å²) in [5.41, 5.74) is 0. The number of rotatable bonds is 3. The summed E-state index contributed by atoms with van der Waals surface area (Å²) in [6.07, 6.45) is 3.48. The lowest BCUT2D eigenvalue weighted by atomic mass is 9.94. The van der Waals surface area contributed by atoms with Crippen LogP contribution in [0.1, 0.15) is 23.5 Å². The van der Waals surface area contributed by atoms with E-state index >= 15 is 0 Å². The maximum atomic E-state index is 4.66. The Hall–Kier alpha value is -1.40. The van der Waals surface area contributed by atoms with E-state index in [0.29, 0.717) is 6.04 Å². The highest BCUT2D eigenvalue weighted by molar-refractivity contribution is 7.09. The third-order valence-electron chi connectivity index (χ3n) is 4.32. The predicted molar refractivity (Wildman–Crippen MR) is 80.2 cm³/mol. The highest BCUT2D eigenvalue weighted by Crippen LogP contribution is 2.27. The Bertz CT molecular complexity index is 550. The Labute approximate surface area is 122 Å². The molecule has 5 nitrogen and oxygen atoms in total. The SMILES string of the molecule is c1csc(Cc2nc(N3CC4CCCNC4C3)n[nH]2)c1. The maximum absolute atomic E-state index is 4.66. The molecule has 0 amide bonds. The lowest BCUT2D eigenvalue weighted by Crippen LogP contribution is -2.40. The van der Waals surface area contributed by atoms with Crippen LogP contribution in [0.4, 0.5) is 5.95 Å². The topological polar surface area (TPSA) is 56.8 Å². The van der Waals surface area contributed by atoms with Gasteiger partial charge in [-0.1, -0.05) is 6.07 Å². The summed E-state index contributed by atoms with van der Waals surface area (Å²) >= 11 is 1.76. The molecule has 0 radical (unpaired) electrons. The van der Waals surface area contributed by atoms with Crippen molar-refractivity contribution in [3.05, 3.63) is 28.2 Å². The molecular weight excluding hydrogens is 270 g/mol. The highest BCUT2D eigenvalue weighted by Gasteiger charge is 2.35. The van der Waals surface area contributed by atoms with E-state index < -0.39 is 0 Å². The van der Waals surface area contributed by atoms with E-state index in [4.69, 9.17) is 0 Å².